The van der Waals surface area contributed by atoms with Gasteiger partial charge in [0.25, 0.3) is 0 Å². The zero-order chi connectivity index (χ0) is 11.0. The van der Waals surface area contributed by atoms with Crippen molar-refractivity contribution in [1.29, 1.82) is 0 Å². The summed E-state index contributed by atoms with van der Waals surface area (Å²) in [5, 5.41) is 10.2. The Morgan fingerprint density at radius 1 is 1.57 bits per heavy atom. The molecule has 2 atom stereocenters. The molecule has 0 radical (unpaired) electrons. The first-order valence-electron chi connectivity index (χ1n) is 5.51. The molecule has 1 N–H and O–H groups in total. The first kappa shape index (κ1) is 11.7. The highest BCUT2D eigenvalue weighted by Crippen LogP contribution is 2.55. The Morgan fingerprint density at radius 3 is 2.43 bits per heavy atom. The number of aliphatic hydroxyl groups is 1. The zero-order valence-corrected chi connectivity index (χ0v) is 9.76. The molecule has 0 aliphatic heterocycles. The number of hydrogen-bond acceptors (Lipinski definition) is 2. The number of carbonyl (C=O) groups is 1. The standard InChI is InChI=1S/C12H22O2/c1-9(10(2)13)5-6-12(4,14)11(3)7-8-11/h9,14H,5-8H2,1-4H3. The topological polar surface area (TPSA) is 37.3 Å². The summed E-state index contributed by atoms with van der Waals surface area (Å²) in [5.41, 5.74) is -0.472. The predicted molar refractivity (Wildman–Crippen MR) is 57.0 cm³/mol. The molecule has 1 saturated carbocycles. The monoisotopic (exact) mass is 198 g/mol. The Bertz CT molecular complexity index is 226. The van der Waals surface area contributed by atoms with E-state index in [1.54, 1.807) is 6.92 Å². The van der Waals surface area contributed by atoms with Crippen molar-refractivity contribution in [2.75, 3.05) is 0 Å². The molecule has 2 unspecified atom stereocenters. The summed E-state index contributed by atoms with van der Waals surface area (Å²) >= 11 is 0. The lowest BCUT2D eigenvalue weighted by molar-refractivity contribution is -0.121. The van der Waals surface area contributed by atoms with Gasteiger partial charge in [0.05, 0.1) is 5.60 Å². The summed E-state index contributed by atoms with van der Waals surface area (Å²) < 4.78 is 0. The molecular weight excluding hydrogens is 176 g/mol. The first-order chi connectivity index (χ1) is 6.28. The average molecular weight is 198 g/mol. The van der Waals surface area contributed by atoms with Gasteiger partial charge in [0.2, 0.25) is 0 Å². The molecule has 0 aromatic rings. The quantitative estimate of drug-likeness (QED) is 0.737. The van der Waals surface area contributed by atoms with Crippen LogP contribution in [0.1, 0.15) is 53.4 Å². The summed E-state index contributed by atoms with van der Waals surface area (Å²) in [5.74, 6) is 0.311. The second-order valence-electron chi connectivity index (χ2n) is 5.38. The second-order valence-corrected chi connectivity index (χ2v) is 5.38. The third-order valence-corrected chi connectivity index (χ3v) is 4.06. The van der Waals surface area contributed by atoms with Gasteiger partial charge in [0.1, 0.15) is 5.78 Å². The van der Waals surface area contributed by atoms with Crippen LogP contribution in [0.15, 0.2) is 0 Å². The van der Waals surface area contributed by atoms with Gasteiger partial charge in [-0.2, -0.15) is 0 Å². The van der Waals surface area contributed by atoms with Crippen LogP contribution in [0.2, 0.25) is 0 Å². The molecule has 82 valence electrons. The van der Waals surface area contributed by atoms with E-state index in [2.05, 4.69) is 6.92 Å². The summed E-state index contributed by atoms with van der Waals surface area (Å²) in [7, 11) is 0. The number of rotatable bonds is 5. The maximum absolute atomic E-state index is 11.0. The van der Waals surface area contributed by atoms with Crippen LogP contribution in [0.5, 0.6) is 0 Å². The van der Waals surface area contributed by atoms with E-state index in [0.717, 1.165) is 25.7 Å². The number of Topliss-reactive ketones (excluding diaryl/α,β-unsaturated/α-hetero) is 1. The van der Waals surface area contributed by atoms with Gasteiger partial charge in [-0.05, 0) is 44.9 Å². The fourth-order valence-electron chi connectivity index (χ4n) is 1.73. The third kappa shape index (κ3) is 2.35. The molecule has 0 aromatic heterocycles. The first-order valence-corrected chi connectivity index (χ1v) is 5.51. The van der Waals surface area contributed by atoms with Crippen molar-refractivity contribution in [3.63, 3.8) is 0 Å². The molecule has 2 nitrogen and oxygen atoms in total. The number of ketones is 1. The Labute approximate surface area is 86.7 Å². The summed E-state index contributed by atoms with van der Waals surface area (Å²) in [4.78, 5) is 11.0. The molecule has 1 fully saturated rings. The van der Waals surface area contributed by atoms with E-state index in [-0.39, 0.29) is 17.1 Å². The van der Waals surface area contributed by atoms with Gasteiger partial charge >= 0.3 is 0 Å². The predicted octanol–water partition coefficient (Wildman–Crippen LogP) is 2.54. The zero-order valence-electron chi connectivity index (χ0n) is 9.76. The highest BCUT2D eigenvalue weighted by Gasteiger charge is 2.51. The highest BCUT2D eigenvalue weighted by molar-refractivity contribution is 5.77. The lowest BCUT2D eigenvalue weighted by atomic mass is 9.81. The third-order valence-electron chi connectivity index (χ3n) is 4.06. The SMILES string of the molecule is CC(=O)C(C)CCC(C)(O)C1(C)CC1. The Balaban J connectivity index is 2.40. The van der Waals surface area contributed by atoms with Gasteiger partial charge in [-0.3, -0.25) is 4.79 Å². The largest absolute Gasteiger partial charge is 0.390 e. The molecule has 14 heavy (non-hydrogen) atoms. The molecule has 2 heteroatoms. The van der Waals surface area contributed by atoms with E-state index in [1.165, 1.54) is 0 Å². The van der Waals surface area contributed by atoms with Crippen LogP contribution in [-0.4, -0.2) is 16.5 Å². The van der Waals surface area contributed by atoms with E-state index in [1.807, 2.05) is 13.8 Å². The van der Waals surface area contributed by atoms with Crippen LogP contribution < -0.4 is 0 Å². The molecule has 0 spiro atoms. The average Bonchev–Trinajstić information content (AvgIpc) is 2.81. The van der Waals surface area contributed by atoms with Crippen molar-refractivity contribution < 1.29 is 9.90 Å². The highest BCUT2D eigenvalue weighted by atomic mass is 16.3. The van der Waals surface area contributed by atoms with Gasteiger partial charge in [0.15, 0.2) is 0 Å². The van der Waals surface area contributed by atoms with E-state index in [4.69, 9.17) is 0 Å². The Morgan fingerprint density at radius 2 is 2.07 bits per heavy atom. The molecule has 1 aliphatic carbocycles. The van der Waals surface area contributed by atoms with Gasteiger partial charge in [-0.25, -0.2) is 0 Å². The molecule has 0 heterocycles. The van der Waals surface area contributed by atoms with Crippen molar-refractivity contribution >= 4 is 5.78 Å². The van der Waals surface area contributed by atoms with E-state index in [0.29, 0.717) is 0 Å². The van der Waals surface area contributed by atoms with Crippen molar-refractivity contribution in [1.82, 2.24) is 0 Å². The maximum Gasteiger partial charge on any atom is 0.132 e. The van der Waals surface area contributed by atoms with Gasteiger partial charge in [0, 0.05) is 5.92 Å². The molecule has 0 saturated heterocycles. The fraction of sp³-hybridized carbons (Fsp3) is 0.917. The van der Waals surface area contributed by atoms with Crippen molar-refractivity contribution in [2.24, 2.45) is 11.3 Å². The van der Waals surface area contributed by atoms with Crippen LogP contribution >= 0.6 is 0 Å². The fourth-order valence-corrected chi connectivity index (χ4v) is 1.73. The minimum atomic E-state index is -0.587. The molecule has 1 aliphatic rings. The van der Waals surface area contributed by atoms with E-state index < -0.39 is 5.60 Å². The van der Waals surface area contributed by atoms with Crippen LogP contribution in [0.4, 0.5) is 0 Å². The van der Waals surface area contributed by atoms with Crippen LogP contribution in [0, 0.1) is 11.3 Å². The number of carbonyl (C=O) groups excluding carboxylic acids is 1. The van der Waals surface area contributed by atoms with Crippen molar-refractivity contribution in [3.05, 3.63) is 0 Å². The van der Waals surface area contributed by atoms with Crippen LogP contribution in [0.25, 0.3) is 0 Å². The smallest absolute Gasteiger partial charge is 0.132 e. The van der Waals surface area contributed by atoms with E-state index in [9.17, 15) is 9.90 Å². The normalized spacial score (nSPS) is 25.2. The minimum absolute atomic E-state index is 0.0869. The summed E-state index contributed by atoms with van der Waals surface area (Å²) in [6.45, 7) is 7.60. The van der Waals surface area contributed by atoms with Gasteiger partial charge < -0.3 is 5.11 Å². The molecule has 0 bridgehead atoms. The molecular formula is C12H22O2. The van der Waals surface area contributed by atoms with Crippen LogP contribution in [-0.2, 0) is 4.79 Å². The Kier molecular flexibility index (Phi) is 3.05. The summed E-state index contributed by atoms with van der Waals surface area (Å²) in [6, 6.07) is 0. The summed E-state index contributed by atoms with van der Waals surface area (Å²) in [6.07, 6.45) is 3.78. The Hall–Kier alpha value is -0.370. The lowest BCUT2D eigenvalue weighted by Gasteiger charge is -2.31. The molecule has 0 amide bonds. The van der Waals surface area contributed by atoms with Crippen molar-refractivity contribution in [3.8, 4) is 0 Å². The minimum Gasteiger partial charge on any atom is -0.390 e. The van der Waals surface area contributed by atoms with Crippen molar-refractivity contribution in [2.45, 2.75) is 59.0 Å². The van der Waals surface area contributed by atoms with E-state index >= 15 is 0 Å². The van der Waals surface area contributed by atoms with Gasteiger partial charge in [-0.1, -0.05) is 13.8 Å². The van der Waals surface area contributed by atoms with Gasteiger partial charge in [-0.15, -0.1) is 0 Å². The maximum atomic E-state index is 11.0. The molecule has 0 aromatic carbocycles. The molecule has 1 rings (SSSR count). The number of hydrogen-bond donors (Lipinski definition) is 1. The second kappa shape index (κ2) is 3.65. The van der Waals surface area contributed by atoms with Crippen LogP contribution in [0.3, 0.4) is 0 Å². The lowest BCUT2D eigenvalue weighted by Crippen LogP contribution is -2.35.